The van der Waals surface area contributed by atoms with E-state index in [2.05, 4.69) is 0 Å². The molecule has 10 heavy (non-hydrogen) atoms. The monoisotopic (exact) mass is 148 g/mol. The standard InChI is InChI=1S/C3H4N2O5/c6-2(7)1(3(8)9)4-5-10/h6-7H,(H,4,10)(H,8,9). The molecule has 0 aromatic carbocycles. The number of nitroso groups, excluding NO2 is 1. The summed E-state index contributed by atoms with van der Waals surface area (Å²) in [6.07, 6.45) is 0. The molecule has 4 N–H and O–H groups in total. The number of carbonyl (C=O) groups is 1. The van der Waals surface area contributed by atoms with E-state index in [1.165, 1.54) is 5.43 Å². The zero-order valence-electron chi connectivity index (χ0n) is 4.61. The molecule has 7 nitrogen and oxygen atoms in total. The molecule has 0 fully saturated rings. The molecule has 0 aliphatic heterocycles. The van der Waals surface area contributed by atoms with Crippen LogP contribution < -0.4 is 5.43 Å². The third-order valence-electron chi connectivity index (χ3n) is 0.595. The first-order chi connectivity index (χ1) is 4.59. The lowest BCUT2D eigenvalue weighted by molar-refractivity contribution is -0.133. The number of carboxylic acids is 1. The Morgan fingerprint density at radius 2 is 1.80 bits per heavy atom. The Hall–Kier alpha value is -1.79. The fourth-order valence-corrected chi connectivity index (χ4v) is 0.239. The lowest BCUT2D eigenvalue weighted by Crippen LogP contribution is -2.16. The molecule has 0 spiro atoms. The average molecular weight is 148 g/mol. The van der Waals surface area contributed by atoms with Crippen LogP contribution in [0.15, 0.2) is 16.9 Å². The molecule has 0 radical (unpaired) electrons. The lowest BCUT2D eigenvalue weighted by atomic mass is 10.5. The van der Waals surface area contributed by atoms with Crippen molar-refractivity contribution < 1.29 is 20.1 Å². The maximum Gasteiger partial charge on any atom is 0.361 e. The first kappa shape index (κ1) is 8.21. The van der Waals surface area contributed by atoms with Crippen molar-refractivity contribution in [3.05, 3.63) is 16.5 Å². The molecule has 56 valence electrons. The van der Waals surface area contributed by atoms with Crippen LogP contribution in [0, 0.1) is 4.91 Å². The SMILES string of the molecule is O=NNC(C(=O)O)=C(O)O. The molecule has 0 amide bonds. The van der Waals surface area contributed by atoms with Gasteiger partial charge in [0.15, 0.2) is 0 Å². The quantitative estimate of drug-likeness (QED) is 0.187. The highest BCUT2D eigenvalue weighted by Crippen LogP contribution is 1.92. The molecule has 0 atom stereocenters. The predicted molar refractivity (Wildman–Crippen MR) is 28.9 cm³/mol. The van der Waals surface area contributed by atoms with Crippen LogP contribution in [0.2, 0.25) is 0 Å². The Balaban J connectivity index is 4.42. The van der Waals surface area contributed by atoms with Gasteiger partial charge in [-0.3, -0.25) is 0 Å². The van der Waals surface area contributed by atoms with Crippen molar-refractivity contribution in [2.75, 3.05) is 0 Å². The molecule has 0 aromatic rings. The highest BCUT2D eigenvalue weighted by atomic mass is 16.5. The summed E-state index contributed by atoms with van der Waals surface area (Å²) in [6.45, 7) is 0. The van der Waals surface area contributed by atoms with Crippen molar-refractivity contribution in [1.29, 1.82) is 0 Å². The summed E-state index contributed by atoms with van der Waals surface area (Å²) in [5, 5.41) is 26.2. The van der Waals surface area contributed by atoms with Crippen LogP contribution in [-0.2, 0) is 4.79 Å². The van der Waals surface area contributed by atoms with Gasteiger partial charge in [0.05, 0.1) is 5.29 Å². The second-order valence-corrected chi connectivity index (χ2v) is 1.21. The van der Waals surface area contributed by atoms with Gasteiger partial charge in [0.2, 0.25) is 5.70 Å². The first-order valence-electron chi connectivity index (χ1n) is 2.03. The third-order valence-corrected chi connectivity index (χ3v) is 0.595. The van der Waals surface area contributed by atoms with Crippen LogP contribution >= 0.6 is 0 Å². The van der Waals surface area contributed by atoms with Gasteiger partial charge in [-0.25, -0.2) is 10.2 Å². The molecular formula is C3H4N2O5. The molecule has 0 saturated heterocycles. The summed E-state index contributed by atoms with van der Waals surface area (Å²) in [5.41, 5.74) is 0.271. The predicted octanol–water partition coefficient (Wildman–Crippen LogP) is -0.373. The topological polar surface area (TPSA) is 119 Å². The largest absolute Gasteiger partial charge is 0.479 e. The van der Waals surface area contributed by atoms with Gasteiger partial charge < -0.3 is 15.3 Å². The number of rotatable bonds is 3. The number of aliphatic carboxylic acids is 1. The highest BCUT2D eigenvalue weighted by Gasteiger charge is 2.12. The van der Waals surface area contributed by atoms with E-state index in [0.29, 0.717) is 0 Å². The molecule has 0 bridgehead atoms. The molecule has 0 aliphatic rings. The van der Waals surface area contributed by atoms with E-state index in [4.69, 9.17) is 15.3 Å². The molecule has 0 aliphatic carbocycles. The Morgan fingerprint density at radius 3 is 1.90 bits per heavy atom. The van der Waals surface area contributed by atoms with Crippen LogP contribution in [-0.4, -0.2) is 21.3 Å². The number of hydrogen-bond donors (Lipinski definition) is 4. The number of nitrogens with one attached hydrogen (secondary N) is 1. The minimum Gasteiger partial charge on any atom is -0.479 e. The van der Waals surface area contributed by atoms with E-state index < -0.39 is 17.6 Å². The van der Waals surface area contributed by atoms with Crippen molar-refractivity contribution in [3.8, 4) is 0 Å². The van der Waals surface area contributed by atoms with Crippen LogP contribution in [0.1, 0.15) is 0 Å². The molecule has 0 rings (SSSR count). The fourth-order valence-electron chi connectivity index (χ4n) is 0.239. The van der Waals surface area contributed by atoms with Crippen molar-refractivity contribution in [3.63, 3.8) is 0 Å². The van der Waals surface area contributed by atoms with E-state index in [1.807, 2.05) is 5.29 Å². The molecule has 0 heterocycles. The number of aliphatic hydroxyl groups is 2. The Kier molecular flexibility index (Phi) is 2.69. The normalized spacial score (nSPS) is 8.00. The zero-order valence-corrected chi connectivity index (χ0v) is 4.61. The number of hydrogen-bond acceptors (Lipinski definition) is 5. The van der Waals surface area contributed by atoms with Gasteiger partial charge >= 0.3 is 11.9 Å². The lowest BCUT2D eigenvalue weighted by Gasteiger charge is -1.95. The van der Waals surface area contributed by atoms with Crippen molar-refractivity contribution in [2.45, 2.75) is 0 Å². The van der Waals surface area contributed by atoms with E-state index in [1.54, 1.807) is 0 Å². The van der Waals surface area contributed by atoms with Crippen molar-refractivity contribution >= 4 is 5.97 Å². The van der Waals surface area contributed by atoms with Gasteiger partial charge in [-0.2, -0.15) is 0 Å². The summed E-state index contributed by atoms with van der Waals surface area (Å²) in [6, 6.07) is 0. The van der Waals surface area contributed by atoms with Crippen molar-refractivity contribution in [2.24, 2.45) is 5.29 Å². The molecule has 7 heteroatoms. The van der Waals surface area contributed by atoms with Gasteiger partial charge in [-0.1, -0.05) is 0 Å². The maximum absolute atomic E-state index is 9.89. The summed E-state index contributed by atoms with van der Waals surface area (Å²) >= 11 is 0. The van der Waals surface area contributed by atoms with Crippen LogP contribution in [0.3, 0.4) is 0 Å². The second kappa shape index (κ2) is 3.28. The Labute approximate surface area is 54.5 Å². The molecule has 0 aromatic heterocycles. The number of nitrogens with zero attached hydrogens (tertiary/aromatic N) is 1. The van der Waals surface area contributed by atoms with Gasteiger partial charge in [-0.15, -0.1) is 4.91 Å². The smallest absolute Gasteiger partial charge is 0.361 e. The summed E-state index contributed by atoms with van der Waals surface area (Å²) in [7, 11) is 0. The van der Waals surface area contributed by atoms with E-state index in [0.717, 1.165) is 0 Å². The maximum atomic E-state index is 9.89. The minimum absolute atomic E-state index is 1.06. The summed E-state index contributed by atoms with van der Waals surface area (Å²) in [5.74, 6) is -3.17. The number of carboxylic acid groups (broad SMARTS) is 1. The Morgan fingerprint density at radius 1 is 1.30 bits per heavy atom. The van der Waals surface area contributed by atoms with Crippen molar-refractivity contribution in [1.82, 2.24) is 5.43 Å². The summed E-state index contributed by atoms with van der Waals surface area (Å²) < 4.78 is 0. The first-order valence-corrected chi connectivity index (χ1v) is 2.03. The van der Waals surface area contributed by atoms with Gasteiger partial charge in [0.1, 0.15) is 0 Å². The van der Waals surface area contributed by atoms with Gasteiger partial charge in [-0.05, 0) is 0 Å². The zero-order chi connectivity index (χ0) is 8.15. The molecule has 0 unspecified atom stereocenters. The van der Waals surface area contributed by atoms with Crippen LogP contribution in [0.4, 0.5) is 0 Å². The highest BCUT2D eigenvalue weighted by molar-refractivity contribution is 5.85. The van der Waals surface area contributed by atoms with Gasteiger partial charge in [0, 0.05) is 0 Å². The molecule has 0 saturated carbocycles. The van der Waals surface area contributed by atoms with Crippen LogP contribution in [0.5, 0.6) is 0 Å². The minimum atomic E-state index is -1.68. The molecular weight excluding hydrogens is 144 g/mol. The summed E-state index contributed by atoms with van der Waals surface area (Å²) in [4.78, 5) is 19.2. The average Bonchev–Trinajstić information content (AvgIpc) is 1.81. The number of aliphatic hydroxyl groups excluding tert-OH is 1. The Bertz CT molecular complexity index is 181. The third kappa shape index (κ3) is 1.99. The van der Waals surface area contributed by atoms with Gasteiger partial charge in [0.25, 0.3) is 0 Å². The van der Waals surface area contributed by atoms with E-state index in [-0.39, 0.29) is 0 Å². The fraction of sp³-hybridized carbons (Fsp3) is 0. The van der Waals surface area contributed by atoms with E-state index >= 15 is 0 Å². The second-order valence-electron chi connectivity index (χ2n) is 1.21. The van der Waals surface area contributed by atoms with Crippen LogP contribution in [0.25, 0.3) is 0 Å². The van der Waals surface area contributed by atoms with E-state index in [9.17, 15) is 9.70 Å².